The Hall–Kier alpha value is -1.83. The first-order valence-electron chi connectivity index (χ1n) is 5.18. The standard InChI is InChI=1S/C11H8BrF2N3O2/c12-7-3-1-6(2-4-7)5-17-9(10(13)14)8(11(18)19)15-16-17/h1-4,10H,5H2,(H,18,19). The molecule has 0 saturated carbocycles. The van der Waals surface area contributed by atoms with Crippen LogP contribution in [0, 0.1) is 0 Å². The summed E-state index contributed by atoms with van der Waals surface area (Å²) in [5, 5.41) is 15.5. The first-order valence-corrected chi connectivity index (χ1v) is 5.97. The van der Waals surface area contributed by atoms with Gasteiger partial charge in [-0.15, -0.1) is 5.10 Å². The average molecular weight is 332 g/mol. The number of aromatic nitrogens is 3. The fourth-order valence-electron chi connectivity index (χ4n) is 1.57. The van der Waals surface area contributed by atoms with E-state index in [0.29, 0.717) is 5.56 Å². The maximum Gasteiger partial charge on any atom is 0.358 e. The summed E-state index contributed by atoms with van der Waals surface area (Å²) in [6.45, 7) is 0.0350. The Labute approximate surface area is 115 Å². The molecule has 0 fully saturated rings. The van der Waals surface area contributed by atoms with Gasteiger partial charge in [-0.2, -0.15) is 0 Å². The number of nitrogens with zero attached hydrogens (tertiary/aromatic N) is 3. The van der Waals surface area contributed by atoms with Gasteiger partial charge in [-0.25, -0.2) is 18.3 Å². The number of halogens is 3. The summed E-state index contributed by atoms with van der Waals surface area (Å²) in [7, 11) is 0. The molecule has 100 valence electrons. The van der Waals surface area contributed by atoms with Gasteiger partial charge in [-0.1, -0.05) is 33.3 Å². The highest BCUT2D eigenvalue weighted by molar-refractivity contribution is 9.10. The van der Waals surface area contributed by atoms with Crippen LogP contribution in [0.25, 0.3) is 0 Å². The largest absolute Gasteiger partial charge is 0.476 e. The van der Waals surface area contributed by atoms with Gasteiger partial charge in [0.15, 0.2) is 5.69 Å². The van der Waals surface area contributed by atoms with Crippen molar-refractivity contribution in [2.45, 2.75) is 13.0 Å². The Morgan fingerprint density at radius 1 is 1.37 bits per heavy atom. The van der Waals surface area contributed by atoms with Crippen LogP contribution in [0.2, 0.25) is 0 Å². The number of carbonyl (C=O) groups is 1. The van der Waals surface area contributed by atoms with E-state index in [-0.39, 0.29) is 6.54 Å². The van der Waals surface area contributed by atoms with Gasteiger partial charge in [0.25, 0.3) is 6.43 Å². The first kappa shape index (κ1) is 13.6. The van der Waals surface area contributed by atoms with Gasteiger partial charge < -0.3 is 5.11 Å². The maximum atomic E-state index is 12.9. The number of carboxylic acids is 1. The molecule has 2 aromatic rings. The van der Waals surface area contributed by atoms with Gasteiger partial charge in [-0.05, 0) is 17.7 Å². The molecule has 0 atom stereocenters. The second kappa shape index (κ2) is 5.43. The lowest BCUT2D eigenvalue weighted by Crippen LogP contribution is -2.09. The van der Waals surface area contributed by atoms with Crippen molar-refractivity contribution < 1.29 is 18.7 Å². The number of rotatable bonds is 4. The highest BCUT2D eigenvalue weighted by Gasteiger charge is 2.26. The smallest absolute Gasteiger partial charge is 0.358 e. The van der Waals surface area contributed by atoms with Gasteiger partial charge in [0.2, 0.25) is 0 Å². The van der Waals surface area contributed by atoms with Crippen molar-refractivity contribution in [1.29, 1.82) is 0 Å². The molecule has 5 nitrogen and oxygen atoms in total. The molecule has 0 aliphatic rings. The summed E-state index contributed by atoms with van der Waals surface area (Å²) < 4.78 is 27.5. The predicted octanol–water partition coefficient (Wildman–Crippen LogP) is 2.72. The zero-order valence-electron chi connectivity index (χ0n) is 9.42. The number of aromatic carboxylic acids is 1. The molecule has 0 unspecified atom stereocenters. The Bertz CT molecular complexity index is 598. The highest BCUT2D eigenvalue weighted by atomic mass is 79.9. The zero-order valence-corrected chi connectivity index (χ0v) is 11.0. The van der Waals surface area contributed by atoms with Gasteiger partial charge in [0.05, 0.1) is 6.54 Å². The molecular weight excluding hydrogens is 324 g/mol. The third-order valence-corrected chi connectivity index (χ3v) is 2.96. The monoisotopic (exact) mass is 331 g/mol. The molecule has 0 bridgehead atoms. The first-order chi connectivity index (χ1) is 8.99. The second-order valence-corrected chi connectivity index (χ2v) is 4.63. The van der Waals surface area contributed by atoms with E-state index in [0.717, 1.165) is 9.15 Å². The number of carboxylic acid groups (broad SMARTS) is 1. The number of benzene rings is 1. The SMILES string of the molecule is O=C(O)c1nnn(Cc2ccc(Br)cc2)c1C(F)F. The Morgan fingerprint density at radius 2 is 2.00 bits per heavy atom. The van der Waals surface area contributed by atoms with Gasteiger partial charge in [-0.3, -0.25) is 0 Å². The van der Waals surface area contributed by atoms with Gasteiger partial charge >= 0.3 is 5.97 Å². The fraction of sp³-hybridized carbons (Fsp3) is 0.182. The lowest BCUT2D eigenvalue weighted by atomic mass is 10.2. The van der Waals surface area contributed by atoms with Crippen molar-refractivity contribution >= 4 is 21.9 Å². The fourth-order valence-corrected chi connectivity index (χ4v) is 1.83. The van der Waals surface area contributed by atoms with Crippen molar-refractivity contribution in [3.05, 3.63) is 45.7 Å². The number of hydrogen-bond acceptors (Lipinski definition) is 3. The van der Waals surface area contributed by atoms with Crippen molar-refractivity contribution in [2.75, 3.05) is 0 Å². The molecule has 0 radical (unpaired) electrons. The molecule has 0 aliphatic carbocycles. The highest BCUT2D eigenvalue weighted by Crippen LogP contribution is 2.22. The van der Waals surface area contributed by atoms with Crippen LogP contribution in [0.15, 0.2) is 28.7 Å². The van der Waals surface area contributed by atoms with Crippen LogP contribution in [-0.2, 0) is 6.54 Å². The quantitative estimate of drug-likeness (QED) is 0.935. The molecule has 0 amide bonds. The van der Waals surface area contributed by atoms with E-state index in [1.807, 2.05) is 0 Å². The summed E-state index contributed by atoms with van der Waals surface area (Å²) in [5.41, 5.74) is -0.686. The maximum absolute atomic E-state index is 12.9. The summed E-state index contributed by atoms with van der Waals surface area (Å²) in [5.74, 6) is -1.52. The molecule has 0 saturated heterocycles. The van der Waals surface area contributed by atoms with Crippen LogP contribution in [0.5, 0.6) is 0 Å². The molecular formula is C11H8BrF2N3O2. The van der Waals surface area contributed by atoms with Crippen LogP contribution in [0.1, 0.15) is 28.2 Å². The summed E-state index contributed by atoms with van der Waals surface area (Å²) in [6, 6.07) is 6.96. The minimum Gasteiger partial charge on any atom is -0.476 e. The number of hydrogen-bond donors (Lipinski definition) is 1. The molecule has 1 aromatic heterocycles. The third-order valence-electron chi connectivity index (χ3n) is 2.43. The molecule has 1 aromatic carbocycles. The second-order valence-electron chi connectivity index (χ2n) is 3.71. The lowest BCUT2D eigenvalue weighted by molar-refractivity contribution is 0.0675. The van der Waals surface area contributed by atoms with E-state index in [1.54, 1.807) is 24.3 Å². The predicted molar refractivity (Wildman–Crippen MR) is 65.2 cm³/mol. The van der Waals surface area contributed by atoms with Crippen molar-refractivity contribution in [3.8, 4) is 0 Å². The van der Waals surface area contributed by atoms with E-state index in [4.69, 9.17) is 5.11 Å². The van der Waals surface area contributed by atoms with E-state index in [2.05, 4.69) is 26.2 Å². The third kappa shape index (κ3) is 2.95. The van der Waals surface area contributed by atoms with Crippen LogP contribution >= 0.6 is 15.9 Å². The van der Waals surface area contributed by atoms with Gasteiger partial charge in [0, 0.05) is 4.47 Å². The Morgan fingerprint density at radius 3 is 2.53 bits per heavy atom. The lowest BCUT2D eigenvalue weighted by Gasteiger charge is -2.06. The van der Waals surface area contributed by atoms with Crippen molar-refractivity contribution in [2.24, 2.45) is 0 Å². The summed E-state index contributed by atoms with van der Waals surface area (Å²) in [4.78, 5) is 10.8. The average Bonchev–Trinajstić information content (AvgIpc) is 2.76. The Balaban J connectivity index is 2.35. The number of alkyl halides is 2. The van der Waals surface area contributed by atoms with Crippen LogP contribution in [-0.4, -0.2) is 26.1 Å². The molecule has 0 aliphatic heterocycles. The molecule has 2 rings (SSSR count). The molecule has 0 spiro atoms. The molecule has 1 N–H and O–H groups in total. The Kier molecular flexibility index (Phi) is 3.89. The van der Waals surface area contributed by atoms with Crippen molar-refractivity contribution in [3.63, 3.8) is 0 Å². The van der Waals surface area contributed by atoms with Crippen LogP contribution in [0.4, 0.5) is 8.78 Å². The zero-order chi connectivity index (χ0) is 14.0. The molecule has 8 heteroatoms. The van der Waals surface area contributed by atoms with Crippen LogP contribution < -0.4 is 0 Å². The van der Waals surface area contributed by atoms with E-state index < -0.39 is 23.8 Å². The van der Waals surface area contributed by atoms with E-state index >= 15 is 0 Å². The topological polar surface area (TPSA) is 68.0 Å². The minimum absolute atomic E-state index is 0.0350. The minimum atomic E-state index is -2.95. The van der Waals surface area contributed by atoms with Crippen LogP contribution in [0.3, 0.4) is 0 Å². The van der Waals surface area contributed by atoms with E-state index in [9.17, 15) is 13.6 Å². The van der Waals surface area contributed by atoms with Crippen molar-refractivity contribution in [1.82, 2.24) is 15.0 Å². The molecule has 19 heavy (non-hydrogen) atoms. The summed E-state index contributed by atoms with van der Waals surface area (Å²) >= 11 is 3.26. The normalized spacial score (nSPS) is 10.9. The summed E-state index contributed by atoms with van der Waals surface area (Å²) in [6.07, 6.45) is -2.95. The van der Waals surface area contributed by atoms with Gasteiger partial charge in [0.1, 0.15) is 5.69 Å². The van der Waals surface area contributed by atoms with E-state index in [1.165, 1.54) is 0 Å². The molecule has 1 heterocycles.